The van der Waals surface area contributed by atoms with Crippen molar-refractivity contribution in [1.29, 1.82) is 0 Å². The molecule has 0 atom stereocenters. The van der Waals surface area contributed by atoms with Crippen LogP contribution < -0.4 is 15.4 Å². The average molecular weight is 435 g/mol. The van der Waals surface area contributed by atoms with Crippen LogP contribution in [-0.2, 0) is 17.5 Å². The van der Waals surface area contributed by atoms with E-state index in [1.54, 1.807) is 18.2 Å². The van der Waals surface area contributed by atoms with Crippen molar-refractivity contribution < 1.29 is 22.7 Å². The zero-order chi connectivity index (χ0) is 22.0. The molecule has 164 valence electrons. The fourth-order valence-electron chi connectivity index (χ4n) is 3.36. The van der Waals surface area contributed by atoms with E-state index in [1.807, 2.05) is 17.0 Å². The molecule has 0 spiro atoms. The Bertz CT molecular complexity index is 1060. The van der Waals surface area contributed by atoms with Crippen molar-refractivity contribution in [2.24, 2.45) is 5.73 Å². The van der Waals surface area contributed by atoms with E-state index >= 15 is 0 Å². The summed E-state index contributed by atoms with van der Waals surface area (Å²) in [7, 11) is 0. The molecular weight excluding hydrogens is 415 g/mol. The standard InChI is InChI=1S/C19H20F3N7O2/c20-19(21,22)18-25-24-16-5-6-17(26-29(16)18)28-9-7-27(8-10-28)11-13-1-3-14(4-2-13)31-12-15(23)30/h1-6H,7-12H2,(H2,23,30). The van der Waals surface area contributed by atoms with Crippen LogP contribution in [0, 0.1) is 0 Å². The van der Waals surface area contributed by atoms with Gasteiger partial charge < -0.3 is 15.4 Å². The molecule has 1 aliphatic heterocycles. The van der Waals surface area contributed by atoms with Crippen LogP contribution in [0.3, 0.4) is 0 Å². The lowest BCUT2D eigenvalue weighted by molar-refractivity contribution is -0.146. The number of rotatable bonds is 6. The number of nitrogens with zero attached hydrogens (tertiary/aromatic N) is 6. The van der Waals surface area contributed by atoms with Crippen molar-refractivity contribution in [3.63, 3.8) is 0 Å². The number of anilines is 1. The summed E-state index contributed by atoms with van der Waals surface area (Å²) in [5, 5.41) is 10.8. The number of hydrogen-bond acceptors (Lipinski definition) is 7. The van der Waals surface area contributed by atoms with E-state index in [0.717, 1.165) is 29.7 Å². The number of halogens is 3. The van der Waals surface area contributed by atoms with Gasteiger partial charge in [-0.15, -0.1) is 15.3 Å². The maximum atomic E-state index is 13.1. The molecule has 0 aliphatic carbocycles. The molecule has 0 radical (unpaired) electrons. The van der Waals surface area contributed by atoms with Gasteiger partial charge in [-0.2, -0.15) is 17.7 Å². The van der Waals surface area contributed by atoms with Gasteiger partial charge in [-0.1, -0.05) is 12.1 Å². The molecule has 3 heterocycles. The number of benzene rings is 1. The highest BCUT2D eigenvalue weighted by molar-refractivity contribution is 5.75. The van der Waals surface area contributed by atoms with Crippen molar-refractivity contribution in [1.82, 2.24) is 24.7 Å². The first-order valence-electron chi connectivity index (χ1n) is 9.56. The lowest BCUT2D eigenvalue weighted by Crippen LogP contribution is -2.46. The monoisotopic (exact) mass is 435 g/mol. The Morgan fingerprint density at radius 1 is 1.03 bits per heavy atom. The zero-order valence-electron chi connectivity index (χ0n) is 16.4. The van der Waals surface area contributed by atoms with Crippen molar-refractivity contribution >= 4 is 17.4 Å². The number of fused-ring (bicyclic) bond motifs is 1. The molecule has 12 heteroatoms. The molecule has 0 saturated carbocycles. The first-order chi connectivity index (χ1) is 14.8. The molecule has 4 rings (SSSR count). The van der Waals surface area contributed by atoms with E-state index < -0.39 is 17.9 Å². The van der Waals surface area contributed by atoms with Crippen LogP contribution in [0.15, 0.2) is 36.4 Å². The number of ether oxygens (including phenoxy) is 1. The summed E-state index contributed by atoms with van der Waals surface area (Å²) in [5.74, 6) is -0.643. The first kappa shape index (κ1) is 20.8. The van der Waals surface area contributed by atoms with Crippen LogP contribution in [0.4, 0.5) is 19.0 Å². The molecule has 1 fully saturated rings. The Labute approximate surface area is 175 Å². The van der Waals surface area contributed by atoms with Gasteiger partial charge in [-0.3, -0.25) is 9.69 Å². The van der Waals surface area contributed by atoms with E-state index in [0.29, 0.717) is 24.7 Å². The van der Waals surface area contributed by atoms with E-state index in [9.17, 15) is 18.0 Å². The molecule has 3 aromatic rings. The summed E-state index contributed by atoms with van der Waals surface area (Å²) in [6, 6.07) is 10.5. The summed E-state index contributed by atoms with van der Waals surface area (Å²) < 4.78 is 45.2. The summed E-state index contributed by atoms with van der Waals surface area (Å²) in [5.41, 5.74) is 6.19. The maximum absolute atomic E-state index is 13.1. The molecular formula is C19H20F3N7O2. The SMILES string of the molecule is NC(=O)COc1ccc(CN2CCN(c3ccc4nnc(C(F)(F)F)n4n3)CC2)cc1. The van der Waals surface area contributed by atoms with E-state index in [1.165, 1.54) is 6.07 Å². The van der Waals surface area contributed by atoms with Crippen molar-refractivity contribution in [3.8, 4) is 5.75 Å². The van der Waals surface area contributed by atoms with E-state index in [4.69, 9.17) is 10.5 Å². The highest BCUT2D eigenvalue weighted by Gasteiger charge is 2.37. The van der Waals surface area contributed by atoms with E-state index in [2.05, 4.69) is 20.2 Å². The van der Waals surface area contributed by atoms with Gasteiger partial charge in [0.25, 0.3) is 11.7 Å². The summed E-state index contributed by atoms with van der Waals surface area (Å²) in [4.78, 5) is 15.0. The summed E-state index contributed by atoms with van der Waals surface area (Å²) in [6.45, 7) is 3.27. The van der Waals surface area contributed by atoms with Gasteiger partial charge in [-0.25, -0.2) is 0 Å². The average Bonchev–Trinajstić information content (AvgIpc) is 3.17. The molecule has 2 aromatic heterocycles. The number of carbonyl (C=O) groups is 1. The van der Waals surface area contributed by atoms with Gasteiger partial charge in [0.15, 0.2) is 12.3 Å². The van der Waals surface area contributed by atoms with Crippen LogP contribution in [0.1, 0.15) is 11.4 Å². The second-order valence-corrected chi connectivity index (χ2v) is 7.15. The third kappa shape index (κ3) is 4.85. The minimum Gasteiger partial charge on any atom is -0.484 e. The summed E-state index contributed by atoms with van der Waals surface area (Å²) in [6.07, 6.45) is -4.62. The van der Waals surface area contributed by atoms with E-state index in [-0.39, 0.29) is 12.3 Å². The Hall–Kier alpha value is -3.41. The predicted molar refractivity (Wildman–Crippen MR) is 104 cm³/mol. The van der Waals surface area contributed by atoms with Crippen LogP contribution in [0.2, 0.25) is 0 Å². The number of primary amides is 1. The molecule has 1 saturated heterocycles. The van der Waals surface area contributed by atoms with Gasteiger partial charge >= 0.3 is 6.18 Å². The summed E-state index contributed by atoms with van der Waals surface area (Å²) >= 11 is 0. The molecule has 0 bridgehead atoms. The second-order valence-electron chi connectivity index (χ2n) is 7.15. The van der Waals surface area contributed by atoms with Crippen molar-refractivity contribution in [3.05, 3.63) is 47.8 Å². The minimum absolute atomic E-state index is 0.0537. The Morgan fingerprint density at radius 2 is 1.74 bits per heavy atom. The minimum atomic E-state index is -4.62. The largest absolute Gasteiger partial charge is 0.484 e. The topological polar surface area (TPSA) is 102 Å². The quantitative estimate of drug-likeness (QED) is 0.623. The van der Waals surface area contributed by atoms with Crippen LogP contribution in [0.5, 0.6) is 5.75 Å². The lowest BCUT2D eigenvalue weighted by Gasteiger charge is -2.35. The number of hydrogen-bond donors (Lipinski definition) is 1. The molecule has 0 unspecified atom stereocenters. The Balaban J connectivity index is 1.36. The fraction of sp³-hybridized carbons (Fsp3) is 0.368. The van der Waals surface area contributed by atoms with Gasteiger partial charge in [0.1, 0.15) is 11.6 Å². The van der Waals surface area contributed by atoms with Gasteiger partial charge in [0.2, 0.25) is 0 Å². The third-order valence-corrected chi connectivity index (χ3v) is 4.91. The number of carbonyl (C=O) groups excluding carboxylic acids is 1. The normalized spacial score (nSPS) is 15.4. The van der Waals surface area contributed by atoms with Crippen LogP contribution >= 0.6 is 0 Å². The van der Waals surface area contributed by atoms with Gasteiger partial charge in [0.05, 0.1) is 0 Å². The second kappa shape index (κ2) is 8.38. The molecule has 1 aromatic carbocycles. The number of alkyl halides is 3. The molecule has 9 nitrogen and oxygen atoms in total. The van der Waals surface area contributed by atoms with Crippen LogP contribution in [-0.4, -0.2) is 63.4 Å². The number of amides is 1. The molecule has 31 heavy (non-hydrogen) atoms. The highest BCUT2D eigenvalue weighted by Crippen LogP contribution is 2.28. The third-order valence-electron chi connectivity index (χ3n) is 4.91. The molecule has 1 amide bonds. The Kier molecular flexibility index (Phi) is 5.63. The van der Waals surface area contributed by atoms with Gasteiger partial charge in [0, 0.05) is 32.7 Å². The zero-order valence-corrected chi connectivity index (χ0v) is 16.4. The first-order valence-corrected chi connectivity index (χ1v) is 9.56. The highest BCUT2D eigenvalue weighted by atomic mass is 19.4. The fourth-order valence-corrected chi connectivity index (χ4v) is 3.36. The smallest absolute Gasteiger partial charge is 0.453 e. The molecule has 1 aliphatic rings. The lowest BCUT2D eigenvalue weighted by atomic mass is 10.2. The predicted octanol–water partition coefficient (Wildman–Crippen LogP) is 1.33. The van der Waals surface area contributed by atoms with Gasteiger partial charge in [-0.05, 0) is 29.8 Å². The number of aromatic nitrogens is 4. The number of piperazine rings is 1. The van der Waals surface area contributed by atoms with Crippen LogP contribution in [0.25, 0.3) is 5.65 Å². The molecule has 2 N–H and O–H groups in total. The Morgan fingerprint density at radius 3 is 2.39 bits per heavy atom. The number of nitrogens with two attached hydrogens (primary N) is 1. The van der Waals surface area contributed by atoms with Crippen molar-refractivity contribution in [2.45, 2.75) is 12.7 Å². The van der Waals surface area contributed by atoms with Crippen molar-refractivity contribution in [2.75, 3.05) is 37.7 Å². The maximum Gasteiger partial charge on any atom is 0.453 e.